The normalized spacial score (nSPS) is 16.6. The van der Waals surface area contributed by atoms with E-state index in [1.54, 1.807) is 13.8 Å². The number of imide groups is 2. The molecule has 2 rings (SSSR count). The second kappa shape index (κ2) is 40.3. The molecule has 440 valence electrons. The van der Waals surface area contributed by atoms with Crippen molar-refractivity contribution >= 4 is 66.8 Å². The Morgan fingerprint density at radius 3 is 1.60 bits per heavy atom. The number of carbonyl (C=O) groups is 10. The number of carbonyl (C=O) groups excluding carboxylic acids is 10. The molecule has 0 aromatic carbocycles. The molecule has 4 atom stereocenters. The van der Waals surface area contributed by atoms with Crippen molar-refractivity contribution in [3.8, 4) is 0 Å². The Kier molecular flexibility index (Phi) is 35.7. The lowest BCUT2D eigenvalue weighted by molar-refractivity contribution is -0.141. The van der Waals surface area contributed by atoms with Gasteiger partial charge in [0, 0.05) is 110 Å². The number of nitrogens with zero attached hydrogens (tertiary/aromatic N) is 3. The average Bonchev–Trinajstić information content (AvgIpc) is 3.83. The minimum atomic E-state index is -4.02. The topological polar surface area (TPSA) is 382 Å². The van der Waals surface area contributed by atoms with Gasteiger partial charge in [-0.15, -0.1) is 0 Å². The second-order valence-corrected chi connectivity index (χ2v) is 19.5. The van der Waals surface area contributed by atoms with Gasteiger partial charge in [-0.25, -0.2) is 4.57 Å². The van der Waals surface area contributed by atoms with E-state index in [4.69, 9.17) is 39.7 Å². The van der Waals surface area contributed by atoms with Crippen molar-refractivity contribution in [2.45, 2.75) is 96.9 Å². The van der Waals surface area contributed by atoms with Gasteiger partial charge in [-0.3, -0.25) is 66.8 Å². The summed E-state index contributed by atoms with van der Waals surface area (Å²) in [7, 11) is -4.02. The molecular formula is C48H84N9O19P. The van der Waals surface area contributed by atoms with Crippen molar-refractivity contribution in [3.63, 3.8) is 0 Å². The summed E-state index contributed by atoms with van der Waals surface area (Å²) in [6, 6.07) is -0.455. The summed E-state index contributed by atoms with van der Waals surface area (Å²) in [5, 5.41) is 10.8. The van der Waals surface area contributed by atoms with Gasteiger partial charge in [0.2, 0.25) is 53.2 Å². The van der Waals surface area contributed by atoms with E-state index in [1.807, 2.05) is 0 Å². The van der Waals surface area contributed by atoms with Crippen LogP contribution in [0.3, 0.4) is 0 Å². The van der Waals surface area contributed by atoms with Crippen molar-refractivity contribution in [2.24, 2.45) is 23.3 Å². The fourth-order valence-electron chi connectivity index (χ4n) is 7.58. The number of ether oxygens (including phenoxy) is 5. The van der Waals surface area contributed by atoms with E-state index in [0.29, 0.717) is 12.8 Å². The highest BCUT2D eigenvalue weighted by Crippen LogP contribution is 2.43. The molecule has 77 heavy (non-hydrogen) atoms. The van der Waals surface area contributed by atoms with Gasteiger partial charge in [0.1, 0.15) is 13.2 Å². The number of phosphoric acid groups is 1. The smallest absolute Gasteiger partial charge is 0.379 e. The Labute approximate surface area is 450 Å². The van der Waals surface area contributed by atoms with Crippen LogP contribution in [0.15, 0.2) is 0 Å². The van der Waals surface area contributed by atoms with Crippen molar-refractivity contribution in [2.75, 3.05) is 138 Å². The predicted octanol–water partition coefficient (Wildman–Crippen LogP) is -1.96. The minimum Gasteiger partial charge on any atom is -0.379 e. The Morgan fingerprint density at radius 2 is 1.09 bits per heavy atom. The van der Waals surface area contributed by atoms with Gasteiger partial charge in [0.15, 0.2) is 5.78 Å². The first kappa shape index (κ1) is 68.2. The third kappa shape index (κ3) is 30.8. The second-order valence-electron chi connectivity index (χ2n) is 18.1. The molecule has 0 aromatic rings. The molecule has 29 heteroatoms. The van der Waals surface area contributed by atoms with Crippen LogP contribution in [0, 0.1) is 11.8 Å². The molecule has 2 heterocycles. The van der Waals surface area contributed by atoms with Crippen LogP contribution in [0.5, 0.6) is 0 Å². The molecule has 9 N–H and O–H groups in total. The Bertz CT molecular complexity index is 1920. The van der Waals surface area contributed by atoms with Gasteiger partial charge in [-0.2, -0.15) is 0 Å². The summed E-state index contributed by atoms with van der Waals surface area (Å²) >= 11 is 0. The number of hydrogen-bond donors (Lipinski definition) is 7. The quantitative estimate of drug-likeness (QED) is 0.0198. The number of nitrogens with two attached hydrogens (primary N) is 2. The van der Waals surface area contributed by atoms with Gasteiger partial charge < -0.3 is 66.2 Å². The average molecular weight is 1120 g/mol. The predicted molar refractivity (Wildman–Crippen MR) is 274 cm³/mol. The molecule has 0 spiro atoms. The maximum Gasteiger partial charge on any atom is 0.472 e. The number of phosphoric ester groups is 1. The number of amides is 9. The maximum atomic E-state index is 13.2. The minimum absolute atomic E-state index is 0.0133. The molecule has 0 saturated carbocycles. The van der Waals surface area contributed by atoms with Crippen LogP contribution in [0.4, 0.5) is 0 Å². The van der Waals surface area contributed by atoms with Gasteiger partial charge in [-0.05, 0) is 26.7 Å². The summed E-state index contributed by atoms with van der Waals surface area (Å²) in [5.74, 6) is -4.52. The summed E-state index contributed by atoms with van der Waals surface area (Å²) in [5.41, 5.74) is 11.3. The Morgan fingerprint density at radius 1 is 0.610 bits per heavy atom. The molecule has 0 aromatic heterocycles. The lowest BCUT2D eigenvalue weighted by Crippen LogP contribution is -2.44. The first-order chi connectivity index (χ1) is 36.9. The SMILES string of the molecule is CCOP(=O)(O)OCCCCCCCC(=O)COCC(=O)N(CCNC(=O)CCOCCOCCNC(=O)CCN1C(=O)CC(CN)C1=O)CCNC(=O)CCOCCOCCNC(=O)CCN1C(=O)CC(C(C)N)C1=O. The lowest BCUT2D eigenvalue weighted by Gasteiger charge is -2.23. The van der Waals surface area contributed by atoms with Crippen molar-refractivity contribution in [1.82, 2.24) is 36.0 Å². The highest BCUT2D eigenvalue weighted by atomic mass is 31.2. The largest absolute Gasteiger partial charge is 0.472 e. The summed E-state index contributed by atoms with van der Waals surface area (Å²) in [6.45, 7) is 4.75. The highest BCUT2D eigenvalue weighted by molar-refractivity contribution is 7.47. The first-order valence-corrected chi connectivity index (χ1v) is 27.9. The maximum absolute atomic E-state index is 13.2. The zero-order chi connectivity index (χ0) is 56.9. The molecule has 2 aliphatic rings. The van der Waals surface area contributed by atoms with Gasteiger partial charge in [0.05, 0.1) is 77.9 Å². The Balaban J connectivity index is 1.64. The third-order valence-electron chi connectivity index (χ3n) is 11.9. The molecule has 4 unspecified atom stereocenters. The van der Waals surface area contributed by atoms with Gasteiger partial charge in [-0.1, -0.05) is 19.3 Å². The molecule has 0 radical (unpaired) electrons. The molecule has 28 nitrogen and oxygen atoms in total. The number of Topliss-reactive ketones (excluding diaryl/α,β-unsaturated/α-hetero) is 1. The first-order valence-electron chi connectivity index (χ1n) is 26.4. The van der Waals surface area contributed by atoms with E-state index >= 15 is 0 Å². The number of unbranched alkanes of at least 4 members (excludes halogenated alkanes) is 4. The van der Waals surface area contributed by atoms with Crippen LogP contribution >= 0.6 is 7.82 Å². The van der Waals surface area contributed by atoms with E-state index in [9.17, 15) is 57.4 Å². The van der Waals surface area contributed by atoms with E-state index < -0.39 is 38.2 Å². The zero-order valence-electron chi connectivity index (χ0n) is 44.8. The fourth-order valence-corrected chi connectivity index (χ4v) is 8.34. The van der Waals surface area contributed by atoms with Crippen molar-refractivity contribution < 1.29 is 90.1 Å². The molecule has 2 saturated heterocycles. The fraction of sp³-hybridized carbons (Fsp3) is 0.792. The van der Waals surface area contributed by atoms with E-state index in [2.05, 4.69) is 25.8 Å². The molecule has 2 aliphatic heterocycles. The van der Waals surface area contributed by atoms with Crippen molar-refractivity contribution in [3.05, 3.63) is 0 Å². The third-order valence-corrected chi connectivity index (χ3v) is 13.0. The number of nitrogens with one attached hydrogen (secondary N) is 4. The molecule has 0 bridgehead atoms. The molecular weight excluding hydrogens is 1040 g/mol. The van der Waals surface area contributed by atoms with Crippen molar-refractivity contribution in [1.29, 1.82) is 0 Å². The number of likely N-dealkylation sites (tertiary alicyclic amines) is 2. The van der Waals surface area contributed by atoms with Crippen LogP contribution in [-0.2, 0) is 85.2 Å². The van der Waals surface area contributed by atoms with E-state index in [1.165, 1.54) is 4.90 Å². The summed E-state index contributed by atoms with van der Waals surface area (Å²) in [6.07, 6.45) is 3.73. The Hall–Kier alpha value is -4.87. The number of hydrogen-bond acceptors (Lipinski definition) is 20. The van der Waals surface area contributed by atoms with E-state index in [0.717, 1.165) is 29.1 Å². The summed E-state index contributed by atoms with van der Waals surface area (Å²) in [4.78, 5) is 137. The molecule has 0 aliphatic carbocycles. The lowest BCUT2D eigenvalue weighted by atomic mass is 10.0. The summed E-state index contributed by atoms with van der Waals surface area (Å²) < 4.78 is 48.3. The molecule has 2 fully saturated rings. The van der Waals surface area contributed by atoms with Gasteiger partial charge in [0.25, 0.3) is 0 Å². The molecule has 9 amide bonds. The number of ketones is 1. The zero-order valence-corrected chi connectivity index (χ0v) is 45.7. The van der Waals surface area contributed by atoms with E-state index in [-0.39, 0.29) is 230 Å². The standard InChI is InChI=1S/C48H84N9O19P/c1-3-75-77(68,69)76-22-8-6-4-5-7-9-38(58)34-74-35-46(65)55(20-14-51-42(61)12-23-70-27-29-72-25-16-53-40(59)10-18-56-44(63)31-37(33-49)47(56)66)21-15-52-43(62)13-24-71-28-30-73-26-17-54-41(60)11-19-57-45(64)32-39(36(2)50)48(57)67/h36-37,39H,3-35,49-50H2,1-2H3,(H,51,61)(H,52,62)(H,53,59)(H,54,60)(H,68,69). The van der Waals surface area contributed by atoms with Gasteiger partial charge >= 0.3 is 7.82 Å². The monoisotopic (exact) mass is 1120 g/mol. The van der Waals surface area contributed by atoms with Crippen LogP contribution < -0.4 is 32.7 Å². The highest BCUT2D eigenvalue weighted by Gasteiger charge is 2.40. The van der Waals surface area contributed by atoms with Crippen LogP contribution in [0.1, 0.15) is 90.9 Å². The van der Waals surface area contributed by atoms with Crippen LogP contribution in [0.2, 0.25) is 0 Å². The van der Waals surface area contributed by atoms with Crippen LogP contribution in [0.25, 0.3) is 0 Å². The van der Waals surface area contributed by atoms with Crippen LogP contribution in [-0.4, -0.2) is 223 Å². The number of rotatable bonds is 47.